The molecule has 0 heterocycles. The fraction of sp³-hybridized carbons (Fsp3) is 0.889. The van der Waals surface area contributed by atoms with Gasteiger partial charge in [-0.25, -0.2) is 8.42 Å². The van der Waals surface area contributed by atoms with Crippen molar-refractivity contribution < 1.29 is 13.5 Å². The lowest BCUT2D eigenvalue weighted by Crippen LogP contribution is -2.27. The van der Waals surface area contributed by atoms with Gasteiger partial charge in [-0.2, -0.15) is 5.26 Å². The van der Waals surface area contributed by atoms with E-state index < -0.39 is 20.5 Å². The van der Waals surface area contributed by atoms with E-state index in [9.17, 15) is 8.42 Å². The Morgan fingerprint density at radius 3 is 2.43 bits per heavy atom. The van der Waals surface area contributed by atoms with Crippen LogP contribution in [0.5, 0.6) is 0 Å². The summed E-state index contributed by atoms with van der Waals surface area (Å²) in [6.45, 7) is 1.57. The average Bonchev–Trinajstić information content (AvgIpc) is 2.43. The highest BCUT2D eigenvalue weighted by atomic mass is 32.2. The predicted molar refractivity (Wildman–Crippen MR) is 52.2 cm³/mol. The standard InChI is InChI=1S/C9H15NO3S/c1-7-3-8(14(2,12)13)4-9(7,5-10)6-11/h7-8,11H,3-4,6H2,1-2H3/t7-,8-,9+/m0/s1. The number of hydrogen-bond acceptors (Lipinski definition) is 4. The minimum Gasteiger partial charge on any atom is -0.395 e. The van der Waals surface area contributed by atoms with E-state index in [0.717, 1.165) is 0 Å². The maximum atomic E-state index is 11.3. The van der Waals surface area contributed by atoms with Gasteiger partial charge in [0.05, 0.1) is 23.3 Å². The van der Waals surface area contributed by atoms with Gasteiger partial charge in [0.1, 0.15) is 9.84 Å². The lowest BCUT2D eigenvalue weighted by atomic mass is 9.81. The number of aliphatic hydroxyl groups excluding tert-OH is 1. The van der Waals surface area contributed by atoms with Crippen molar-refractivity contribution in [1.29, 1.82) is 5.26 Å². The van der Waals surface area contributed by atoms with E-state index in [1.807, 2.05) is 6.92 Å². The first kappa shape index (κ1) is 11.5. The number of hydrogen-bond donors (Lipinski definition) is 1. The summed E-state index contributed by atoms with van der Waals surface area (Å²) in [6.07, 6.45) is 1.93. The molecule has 0 bridgehead atoms. The van der Waals surface area contributed by atoms with Gasteiger partial charge >= 0.3 is 0 Å². The third-order valence-corrected chi connectivity index (χ3v) is 4.83. The number of nitriles is 1. The Labute approximate surface area is 84.5 Å². The molecular formula is C9H15NO3S. The Kier molecular flexibility index (Phi) is 2.88. The SMILES string of the molecule is C[C@H]1C[C@H](S(C)(=O)=O)C[C@@]1(C#N)CO. The quantitative estimate of drug-likeness (QED) is 0.723. The summed E-state index contributed by atoms with van der Waals surface area (Å²) in [6, 6.07) is 2.06. The van der Waals surface area contributed by atoms with E-state index in [2.05, 4.69) is 6.07 Å². The molecule has 5 heteroatoms. The van der Waals surface area contributed by atoms with Crippen molar-refractivity contribution in [3.63, 3.8) is 0 Å². The van der Waals surface area contributed by atoms with Crippen LogP contribution in [0.2, 0.25) is 0 Å². The third-order valence-electron chi connectivity index (χ3n) is 3.26. The van der Waals surface area contributed by atoms with Gasteiger partial charge in [0.2, 0.25) is 0 Å². The van der Waals surface area contributed by atoms with Crippen molar-refractivity contribution in [2.75, 3.05) is 12.9 Å². The Morgan fingerprint density at radius 1 is 1.64 bits per heavy atom. The number of nitrogens with zero attached hydrogens (tertiary/aromatic N) is 1. The van der Waals surface area contributed by atoms with E-state index in [0.29, 0.717) is 6.42 Å². The molecule has 0 amide bonds. The van der Waals surface area contributed by atoms with Crippen molar-refractivity contribution >= 4 is 9.84 Å². The van der Waals surface area contributed by atoms with Crippen LogP contribution in [0.1, 0.15) is 19.8 Å². The zero-order valence-electron chi connectivity index (χ0n) is 8.40. The van der Waals surface area contributed by atoms with Crippen molar-refractivity contribution in [2.24, 2.45) is 11.3 Å². The summed E-state index contributed by atoms with van der Waals surface area (Å²) in [7, 11) is -3.09. The highest BCUT2D eigenvalue weighted by Gasteiger charge is 2.48. The fourth-order valence-electron chi connectivity index (χ4n) is 2.05. The van der Waals surface area contributed by atoms with Crippen molar-refractivity contribution in [2.45, 2.75) is 25.0 Å². The molecule has 3 atom stereocenters. The predicted octanol–water partition coefficient (Wildman–Crippen LogP) is 0.332. The van der Waals surface area contributed by atoms with Crippen LogP contribution in [0, 0.1) is 22.7 Å². The Hall–Kier alpha value is -0.600. The van der Waals surface area contributed by atoms with Gasteiger partial charge in [0, 0.05) is 6.26 Å². The van der Waals surface area contributed by atoms with Gasteiger partial charge in [-0.05, 0) is 18.8 Å². The van der Waals surface area contributed by atoms with Crippen LogP contribution >= 0.6 is 0 Å². The molecule has 0 spiro atoms. The summed E-state index contributed by atoms with van der Waals surface area (Å²) in [5, 5.41) is 17.7. The molecule has 1 aliphatic rings. The first-order valence-electron chi connectivity index (χ1n) is 4.56. The third kappa shape index (κ3) is 1.77. The first-order valence-corrected chi connectivity index (χ1v) is 6.52. The summed E-state index contributed by atoms with van der Waals surface area (Å²) >= 11 is 0. The van der Waals surface area contributed by atoms with Crippen LogP contribution in [0.15, 0.2) is 0 Å². The second-order valence-corrected chi connectivity index (χ2v) is 6.54. The Balaban J connectivity index is 2.95. The van der Waals surface area contributed by atoms with E-state index in [1.54, 1.807) is 0 Å². The molecule has 1 fully saturated rings. The summed E-state index contributed by atoms with van der Waals surface area (Å²) in [4.78, 5) is 0. The molecule has 0 saturated heterocycles. The van der Waals surface area contributed by atoms with E-state index in [-0.39, 0.29) is 18.9 Å². The van der Waals surface area contributed by atoms with Gasteiger partial charge in [0.15, 0.2) is 0 Å². The van der Waals surface area contributed by atoms with Gasteiger partial charge in [-0.1, -0.05) is 6.92 Å². The molecule has 0 aliphatic heterocycles. The number of rotatable bonds is 2. The highest BCUT2D eigenvalue weighted by molar-refractivity contribution is 7.91. The monoisotopic (exact) mass is 217 g/mol. The molecular weight excluding hydrogens is 202 g/mol. The topological polar surface area (TPSA) is 78.2 Å². The van der Waals surface area contributed by atoms with Gasteiger partial charge < -0.3 is 5.11 Å². The fourth-order valence-corrected chi connectivity index (χ4v) is 3.29. The molecule has 4 nitrogen and oxygen atoms in total. The minimum atomic E-state index is -3.09. The Morgan fingerprint density at radius 2 is 2.21 bits per heavy atom. The Bertz CT molecular complexity index is 357. The van der Waals surface area contributed by atoms with Crippen LogP contribution in [-0.2, 0) is 9.84 Å². The van der Waals surface area contributed by atoms with Crippen LogP contribution in [0.25, 0.3) is 0 Å². The summed E-state index contributed by atoms with van der Waals surface area (Å²) < 4.78 is 22.6. The van der Waals surface area contributed by atoms with E-state index in [4.69, 9.17) is 10.4 Å². The van der Waals surface area contributed by atoms with Crippen molar-refractivity contribution in [3.05, 3.63) is 0 Å². The van der Waals surface area contributed by atoms with Crippen LogP contribution in [-0.4, -0.2) is 31.6 Å². The van der Waals surface area contributed by atoms with Crippen LogP contribution in [0.4, 0.5) is 0 Å². The summed E-state index contributed by atoms with van der Waals surface area (Å²) in [5.74, 6) is -0.0581. The van der Waals surface area contributed by atoms with Gasteiger partial charge in [-0.3, -0.25) is 0 Å². The van der Waals surface area contributed by atoms with Crippen molar-refractivity contribution in [3.8, 4) is 6.07 Å². The molecule has 14 heavy (non-hydrogen) atoms. The molecule has 0 unspecified atom stereocenters. The maximum absolute atomic E-state index is 11.3. The molecule has 1 N–H and O–H groups in total. The zero-order valence-corrected chi connectivity index (χ0v) is 9.21. The van der Waals surface area contributed by atoms with Crippen LogP contribution in [0.3, 0.4) is 0 Å². The number of aliphatic hydroxyl groups is 1. The number of sulfone groups is 1. The van der Waals surface area contributed by atoms with Gasteiger partial charge in [-0.15, -0.1) is 0 Å². The molecule has 0 aromatic rings. The molecule has 0 radical (unpaired) electrons. The smallest absolute Gasteiger partial charge is 0.150 e. The van der Waals surface area contributed by atoms with Crippen molar-refractivity contribution in [1.82, 2.24) is 0 Å². The van der Waals surface area contributed by atoms with E-state index in [1.165, 1.54) is 6.26 Å². The minimum absolute atomic E-state index is 0.0581. The maximum Gasteiger partial charge on any atom is 0.150 e. The molecule has 1 rings (SSSR count). The highest BCUT2D eigenvalue weighted by Crippen LogP contribution is 2.44. The normalized spacial score (nSPS) is 38.1. The lowest BCUT2D eigenvalue weighted by molar-refractivity contribution is 0.144. The van der Waals surface area contributed by atoms with Crippen LogP contribution < -0.4 is 0 Å². The second kappa shape index (κ2) is 3.52. The lowest BCUT2D eigenvalue weighted by Gasteiger charge is -2.22. The van der Waals surface area contributed by atoms with Gasteiger partial charge in [0.25, 0.3) is 0 Å². The largest absolute Gasteiger partial charge is 0.395 e. The molecule has 0 aromatic heterocycles. The average molecular weight is 217 g/mol. The molecule has 80 valence electrons. The molecule has 0 aromatic carbocycles. The van der Waals surface area contributed by atoms with E-state index >= 15 is 0 Å². The molecule has 1 aliphatic carbocycles. The second-order valence-electron chi connectivity index (χ2n) is 4.22. The summed E-state index contributed by atoms with van der Waals surface area (Å²) in [5.41, 5.74) is -0.853. The zero-order chi connectivity index (χ0) is 11.0. The first-order chi connectivity index (χ1) is 6.35. The molecule has 1 saturated carbocycles.